The molecule has 0 amide bonds. The zero-order valence-electron chi connectivity index (χ0n) is 8.40. The van der Waals surface area contributed by atoms with E-state index in [1.807, 2.05) is 14.0 Å². The Labute approximate surface area is 78.8 Å². The summed E-state index contributed by atoms with van der Waals surface area (Å²) in [6, 6.07) is 0.268. The lowest BCUT2D eigenvalue weighted by molar-refractivity contribution is -0.122. The van der Waals surface area contributed by atoms with E-state index in [4.69, 9.17) is 5.53 Å². The Hall–Kier alpha value is -0.770. The zero-order valence-corrected chi connectivity index (χ0v) is 8.40. The van der Waals surface area contributed by atoms with Crippen molar-refractivity contribution in [3.8, 4) is 0 Å². The molecule has 4 nitrogen and oxygen atoms in total. The number of likely N-dealkylation sites (tertiary alicyclic amines) is 1. The predicted molar refractivity (Wildman–Crippen MR) is 50.4 cm³/mol. The summed E-state index contributed by atoms with van der Waals surface area (Å²) in [5.74, 6) is 0.446. The normalized spacial score (nSPS) is 34.8. The first kappa shape index (κ1) is 10.3. The van der Waals surface area contributed by atoms with E-state index in [0.29, 0.717) is 5.92 Å². The molecule has 0 spiro atoms. The second-order valence-corrected chi connectivity index (χ2v) is 3.95. The third-order valence-corrected chi connectivity index (χ3v) is 3.00. The first-order valence-corrected chi connectivity index (χ1v) is 4.61. The third kappa shape index (κ3) is 1.94. The Morgan fingerprint density at radius 1 is 1.62 bits per heavy atom. The maximum atomic E-state index is 11.5. The van der Waals surface area contributed by atoms with Gasteiger partial charge < -0.3 is 15.5 Å². The average Bonchev–Trinajstić information content (AvgIpc) is 2.27. The second-order valence-electron chi connectivity index (χ2n) is 3.95. The van der Waals surface area contributed by atoms with Gasteiger partial charge in [0.1, 0.15) is 0 Å². The van der Waals surface area contributed by atoms with Crippen molar-refractivity contribution in [2.24, 2.45) is 17.0 Å². The molecule has 0 aromatic rings. The van der Waals surface area contributed by atoms with Gasteiger partial charge in [0.25, 0.3) is 0 Å². The number of hydrogen-bond donors (Lipinski definition) is 0. The number of ketones is 1. The fourth-order valence-corrected chi connectivity index (χ4v) is 2.25. The highest BCUT2D eigenvalue weighted by atomic mass is 16.1. The summed E-state index contributed by atoms with van der Waals surface area (Å²) in [7, 11) is 2.02. The van der Waals surface area contributed by atoms with E-state index in [2.05, 4.69) is 16.9 Å². The Morgan fingerprint density at radius 3 is 2.62 bits per heavy atom. The molecule has 1 heterocycles. The van der Waals surface area contributed by atoms with Crippen molar-refractivity contribution in [3.05, 3.63) is 5.53 Å². The Bertz CT molecular complexity index is 217. The Balaban J connectivity index is 2.67. The summed E-state index contributed by atoms with van der Waals surface area (Å²) in [6.07, 6.45) is 0. The summed E-state index contributed by atoms with van der Waals surface area (Å²) >= 11 is 0. The molecule has 0 radical (unpaired) electrons. The molecule has 1 aliphatic rings. The van der Waals surface area contributed by atoms with Crippen molar-refractivity contribution in [2.75, 3.05) is 20.1 Å². The van der Waals surface area contributed by atoms with Crippen molar-refractivity contribution in [1.29, 1.82) is 0 Å². The van der Waals surface area contributed by atoms with Gasteiger partial charge in [0.2, 0.25) is 0 Å². The minimum atomic E-state index is -0.0623. The fraction of sp³-hybridized carbons (Fsp3) is 0.889. The number of carbonyl (C=O) groups excluding carboxylic acids is 1. The van der Waals surface area contributed by atoms with Crippen LogP contribution in [0.5, 0.6) is 0 Å². The maximum absolute atomic E-state index is 11.5. The maximum Gasteiger partial charge on any atom is 0.157 e. The molecule has 1 rings (SSSR count). The molecule has 1 fully saturated rings. The summed E-state index contributed by atoms with van der Waals surface area (Å²) in [5, 5.41) is 2.91. The molecule has 0 N–H and O–H groups in total. The van der Waals surface area contributed by atoms with Crippen molar-refractivity contribution in [1.82, 2.24) is 4.90 Å². The van der Waals surface area contributed by atoms with E-state index in [1.54, 1.807) is 0 Å². The molecule has 1 aliphatic heterocycles. The highest BCUT2D eigenvalue weighted by Gasteiger charge is 2.38. The van der Waals surface area contributed by atoms with Crippen molar-refractivity contribution >= 4 is 5.78 Å². The molecule has 1 saturated heterocycles. The van der Waals surface area contributed by atoms with Crippen molar-refractivity contribution in [3.63, 3.8) is 0 Å². The molecule has 0 aliphatic carbocycles. The van der Waals surface area contributed by atoms with E-state index in [9.17, 15) is 4.79 Å². The van der Waals surface area contributed by atoms with Crippen LogP contribution < -0.4 is 0 Å². The molecule has 13 heavy (non-hydrogen) atoms. The van der Waals surface area contributed by atoms with Gasteiger partial charge in [-0.3, -0.25) is 4.79 Å². The highest BCUT2D eigenvalue weighted by Crippen LogP contribution is 2.28. The van der Waals surface area contributed by atoms with Gasteiger partial charge in [0, 0.05) is 18.5 Å². The quantitative estimate of drug-likeness (QED) is 0.615. The van der Waals surface area contributed by atoms with Crippen LogP contribution in [0, 0.1) is 11.8 Å². The van der Waals surface area contributed by atoms with Gasteiger partial charge in [-0.15, -0.1) is 0 Å². The molecule has 4 heteroatoms. The standard InChI is InChI=1S/C9H16N3O/c1-6-5-12(3)7(2)9(6)8(13)4-11-10/h6-7,9H,4-5H2,1-3H3/q-1. The number of carbonyl (C=O) groups is 1. The van der Waals surface area contributed by atoms with Crippen LogP contribution in [0.4, 0.5) is 0 Å². The molecular weight excluding hydrogens is 166 g/mol. The smallest absolute Gasteiger partial charge is 0.157 e. The van der Waals surface area contributed by atoms with Gasteiger partial charge in [-0.05, 0) is 19.9 Å². The van der Waals surface area contributed by atoms with Crippen LogP contribution in [0.3, 0.4) is 0 Å². The lowest BCUT2D eigenvalue weighted by Crippen LogP contribution is -2.32. The lowest BCUT2D eigenvalue weighted by atomic mass is 9.89. The Kier molecular flexibility index (Phi) is 3.14. The molecule has 0 aromatic carbocycles. The fourth-order valence-electron chi connectivity index (χ4n) is 2.25. The largest absolute Gasteiger partial charge is 0.712 e. The summed E-state index contributed by atoms with van der Waals surface area (Å²) in [4.78, 5) is 13.7. The van der Waals surface area contributed by atoms with Crippen molar-refractivity contribution < 1.29 is 4.79 Å². The minimum absolute atomic E-state index is 0.0286. The zero-order chi connectivity index (χ0) is 10.0. The monoisotopic (exact) mass is 182 g/mol. The van der Waals surface area contributed by atoms with E-state index < -0.39 is 0 Å². The van der Waals surface area contributed by atoms with E-state index in [-0.39, 0.29) is 24.3 Å². The van der Waals surface area contributed by atoms with Crippen LogP contribution in [0.2, 0.25) is 0 Å². The average molecular weight is 182 g/mol. The molecule has 3 unspecified atom stereocenters. The van der Waals surface area contributed by atoms with Gasteiger partial charge in [-0.2, -0.15) is 0 Å². The highest BCUT2D eigenvalue weighted by molar-refractivity contribution is 5.84. The lowest BCUT2D eigenvalue weighted by Gasteiger charge is -2.20. The van der Waals surface area contributed by atoms with Gasteiger partial charge >= 0.3 is 0 Å². The summed E-state index contributed by atoms with van der Waals surface area (Å²) in [5.41, 5.74) is 8.33. The van der Waals surface area contributed by atoms with Crippen LogP contribution in [0.25, 0.3) is 5.53 Å². The third-order valence-electron chi connectivity index (χ3n) is 3.00. The number of nitrogens with zero attached hydrogens (tertiary/aromatic N) is 3. The van der Waals surface area contributed by atoms with Crippen LogP contribution in [0.1, 0.15) is 13.8 Å². The molecule has 0 saturated carbocycles. The summed E-state index contributed by atoms with van der Waals surface area (Å²) < 4.78 is 0. The number of rotatable bonds is 3. The predicted octanol–water partition coefficient (Wildman–Crippen LogP) is 1.16. The van der Waals surface area contributed by atoms with Gasteiger partial charge in [-0.25, -0.2) is 0 Å². The van der Waals surface area contributed by atoms with Gasteiger partial charge in [-0.1, -0.05) is 6.92 Å². The first-order valence-electron chi connectivity index (χ1n) is 4.61. The summed E-state index contributed by atoms with van der Waals surface area (Å²) in [6.45, 7) is 5.00. The second kappa shape index (κ2) is 3.96. The van der Waals surface area contributed by atoms with E-state index in [1.165, 1.54) is 0 Å². The van der Waals surface area contributed by atoms with E-state index >= 15 is 0 Å². The number of Topliss-reactive ketones (excluding diaryl/α,β-unsaturated/α-hetero) is 1. The topological polar surface area (TPSA) is 55.0 Å². The number of hydrogen-bond acceptors (Lipinski definition) is 3. The van der Waals surface area contributed by atoms with Crippen LogP contribution in [0.15, 0.2) is 5.11 Å². The molecule has 0 aromatic heterocycles. The van der Waals surface area contributed by atoms with Crippen LogP contribution >= 0.6 is 0 Å². The first-order chi connectivity index (χ1) is 6.07. The molecular formula is C9H16N3O-. The molecule has 0 bridgehead atoms. The van der Waals surface area contributed by atoms with E-state index in [0.717, 1.165) is 6.54 Å². The Morgan fingerprint density at radius 2 is 2.23 bits per heavy atom. The van der Waals surface area contributed by atoms with Crippen LogP contribution in [-0.2, 0) is 4.79 Å². The molecule has 74 valence electrons. The minimum Gasteiger partial charge on any atom is -0.712 e. The van der Waals surface area contributed by atoms with Crippen molar-refractivity contribution in [2.45, 2.75) is 19.9 Å². The van der Waals surface area contributed by atoms with Gasteiger partial charge in [0.15, 0.2) is 5.78 Å². The van der Waals surface area contributed by atoms with Crippen LogP contribution in [-0.4, -0.2) is 36.9 Å². The van der Waals surface area contributed by atoms with Gasteiger partial charge in [0.05, 0.1) is 6.54 Å². The molecule has 3 atom stereocenters. The SMILES string of the molecule is CC1CN(C)C(C)C1C(=O)CN=[N-].